The summed E-state index contributed by atoms with van der Waals surface area (Å²) in [5.74, 6) is -0.137. The molecule has 0 aliphatic carbocycles. The Labute approximate surface area is 122 Å². The van der Waals surface area contributed by atoms with E-state index in [0.29, 0.717) is 38.3 Å². The summed E-state index contributed by atoms with van der Waals surface area (Å²) in [4.78, 5) is 16.0. The lowest BCUT2D eigenvalue weighted by molar-refractivity contribution is -0.130. The largest absolute Gasteiger partial charge is 0.366 e. The number of nitrogens with zero attached hydrogens (tertiary/aromatic N) is 3. The van der Waals surface area contributed by atoms with Crippen molar-refractivity contribution in [1.82, 2.24) is 15.1 Å². The van der Waals surface area contributed by atoms with E-state index >= 15 is 0 Å². The second-order valence-corrected chi connectivity index (χ2v) is 5.08. The predicted molar refractivity (Wildman–Crippen MR) is 77.5 cm³/mol. The van der Waals surface area contributed by atoms with Crippen molar-refractivity contribution in [1.29, 1.82) is 0 Å². The number of aromatic nitrogens is 2. The Bertz CT molecular complexity index is 606. The average Bonchev–Trinajstić information content (AvgIpc) is 3.01. The molecule has 2 heterocycles. The van der Waals surface area contributed by atoms with E-state index in [1.807, 2.05) is 15.9 Å². The number of amides is 1. The maximum absolute atomic E-state index is 13.7. The average molecular weight is 288 g/mol. The zero-order chi connectivity index (χ0) is 14.7. The number of rotatable bonds is 3. The lowest BCUT2D eigenvalue weighted by atomic mass is 10.2. The fourth-order valence-corrected chi connectivity index (χ4v) is 2.56. The molecule has 0 atom stereocenters. The molecule has 0 radical (unpaired) electrons. The molecule has 5 nitrogen and oxygen atoms in total. The Morgan fingerprint density at radius 3 is 2.62 bits per heavy atom. The van der Waals surface area contributed by atoms with Crippen LogP contribution in [0.25, 0.3) is 0 Å². The Morgan fingerprint density at radius 1 is 1.19 bits per heavy atom. The first-order valence-corrected chi connectivity index (χ1v) is 6.99. The van der Waals surface area contributed by atoms with Crippen molar-refractivity contribution in [3.63, 3.8) is 0 Å². The number of hydrogen-bond donors (Lipinski definition) is 1. The molecule has 0 spiro atoms. The smallest absolute Gasteiger partial charge is 0.228 e. The maximum atomic E-state index is 13.7. The van der Waals surface area contributed by atoms with E-state index in [1.54, 1.807) is 24.4 Å². The highest BCUT2D eigenvalue weighted by Crippen LogP contribution is 2.20. The molecule has 1 aromatic heterocycles. The van der Waals surface area contributed by atoms with Crippen LogP contribution in [0.4, 0.5) is 10.1 Å². The van der Waals surface area contributed by atoms with Gasteiger partial charge in [0.1, 0.15) is 5.82 Å². The molecular weight excluding hydrogens is 271 g/mol. The number of carbonyl (C=O) groups excluding carboxylic acids is 1. The summed E-state index contributed by atoms with van der Waals surface area (Å²) >= 11 is 0. The summed E-state index contributed by atoms with van der Waals surface area (Å²) in [6, 6.07) is 8.55. The van der Waals surface area contributed by atoms with Crippen LogP contribution in [0, 0.1) is 5.82 Å². The molecule has 1 aliphatic heterocycles. The first-order valence-electron chi connectivity index (χ1n) is 6.99. The van der Waals surface area contributed by atoms with E-state index in [1.165, 1.54) is 6.07 Å². The van der Waals surface area contributed by atoms with Crippen molar-refractivity contribution in [3.05, 3.63) is 48.0 Å². The zero-order valence-electron chi connectivity index (χ0n) is 11.6. The van der Waals surface area contributed by atoms with Crippen molar-refractivity contribution >= 4 is 11.6 Å². The first-order chi connectivity index (χ1) is 10.2. The molecule has 1 saturated heterocycles. The van der Waals surface area contributed by atoms with Gasteiger partial charge in [0, 0.05) is 38.1 Å². The molecule has 6 heteroatoms. The van der Waals surface area contributed by atoms with Crippen LogP contribution < -0.4 is 4.90 Å². The molecule has 1 aromatic carbocycles. The van der Waals surface area contributed by atoms with Gasteiger partial charge in [-0.15, -0.1) is 0 Å². The Morgan fingerprint density at radius 2 is 1.95 bits per heavy atom. The third kappa shape index (κ3) is 3.04. The van der Waals surface area contributed by atoms with Crippen LogP contribution in [0.2, 0.25) is 0 Å². The van der Waals surface area contributed by atoms with E-state index in [4.69, 9.17) is 0 Å². The minimum absolute atomic E-state index is 0.0763. The van der Waals surface area contributed by atoms with Crippen LogP contribution in [0.3, 0.4) is 0 Å². The van der Waals surface area contributed by atoms with Crippen molar-refractivity contribution < 1.29 is 9.18 Å². The monoisotopic (exact) mass is 288 g/mol. The first kappa shape index (κ1) is 13.6. The Balaban J connectivity index is 1.58. The highest BCUT2D eigenvalue weighted by Gasteiger charge is 2.22. The summed E-state index contributed by atoms with van der Waals surface area (Å²) in [7, 11) is 0. The fraction of sp³-hybridized carbons (Fsp3) is 0.333. The second-order valence-electron chi connectivity index (χ2n) is 5.08. The van der Waals surface area contributed by atoms with Crippen LogP contribution in [0.1, 0.15) is 5.69 Å². The molecule has 1 amide bonds. The van der Waals surface area contributed by atoms with Gasteiger partial charge in [-0.1, -0.05) is 12.1 Å². The Hall–Kier alpha value is -2.37. The van der Waals surface area contributed by atoms with Gasteiger partial charge < -0.3 is 9.80 Å². The number of piperazine rings is 1. The number of para-hydroxylation sites is 1. The van der Waals surface area contributed by atoms with Gasteiger partial charge in [0.2, 0.25) is 5.91 Å². The lowest BCUT2D eigenvalue weighted by Crippen LogP contribution is -2.49. The number of H-pyrrole nitrogens is 1. The molecule has 21 heavy (non-hydrogen) atoms. The van der Waals surface area contributed by atoms with Crippen LogP contribution in [-0.2, 0) is 11.2 Å². The number of halogens is 1. The molecule has 1 fully saturated rings. The van der Waals surface area contributed by atoms with Crippen molar-refractivity contribution in [2.24, 2.45) is 0 Å². The molecular formula is C15H17FN4O. The number of benzene rings is 1. The quantitative estimate of drug-likeness (QED) is 0.930. The minimum Gasteiger partial charge on any atom is -0.366 e. The van der Waals surface area contributed by atoms with Gasteiger partial charge in [0.15, 0.2) is 0 Å². The highest BCUT2D eigenvalue weighted by atomic mass is 19.1. The normalized spacial score (nSPS) is 15.3. The number of hydrogen-bond acceptors (Lipinski definition) is 3. The van der Waals surface area contributed by atoms with Crippen LogP contribution in [0.15, 0.2) is 36.5 Å². The van der Waals surface area contributed by atoms with Gasteiger partial charge in [0.25, 0.3) is 0 Å². The third-order valence-corrected chi connectivity index (χ3v) is 3.73. The number of nitrogens with one attached hydrogen (secondary N) is 1. The SMILES string of the molecule is O=C(Cc1ccn[nH]1)N1CCN(c2ccccc2F)CC1. The fourth-order valence-electron chi connectivity index (χ4n) is 2.56. The zero-order valence-corrected chi connectivity index (χ0v) is 11.6. The van der Waals surface area contributed by atoms with Crippen molar-refractivity contribution in [2.45, 2.75) is 6.42 Å². The lowest BCUT2D eigenvalue weighted by Gasteiger charge is -2.36. The molecule has 0 bridgehead atoms. The molecule has 110 valence electrons. The summed E-state index contributed by atoms with van der Waals surface area (Å²) in [5.41, 5.74) is 1.43. The summed E-state index contributed by atoms with van der Waals surface area (Å²) in [6.45, 7) is 2.52. The number of carbonyl (C=O) groups is 1. The minimum atomic E-state index is -0.213. The van der Waals surface area contributed by atoms with Gasteiger partial charge in [-0.3, -0.25) is 9.89 Å². The second kappa shape index (κ2) is 5.95. The molecule has 1 aliphatic rings. The number of aromatic amines is 1. The molecule has 0 saturated carbocycles. The summed E-state index contributed by atoms with van der Waals surface area (Å²) < 4.78 is 13.7. The predicted octanol–water partition coefficient (Wildman–Crippen LogP) is 1.44. The standard InChI is InChI=1S/C15H17FN4O/c16-13-3-1-2-4-14(13)19-7-9-20(10-8-19)15(21)11-12-5-6-17-18-12/h1-6H,7-11H2,(H,17,18). The van der Waals surface area contributed by atoms with Gasteiger partial charge in [-0.05, 0) is 18.2 Å². The van der Waals surface area contributed by atoms with Crippen LogP contribution in [0.5, 0.6) is 0 Å². The number of anilines is 1. The summed E-state index contributed by atoms with van der Waals surface area (Å²) in [5, 5.41) is 6.63. The van der Waals surface area contributed by atoms with Gasteiger partial charge in [-0.2, -0.15) is 5.10 Å². The van der Waals surface area contributed by atoms with Crippen molar-refractivity contribution in [2.75, 3.05) is 31.1 Å². The van der Waals surface area contributed by atoms with Gasteiger partial charge in [-0.25, -0.2) is 4.39 Å². The van der Waals surface area contributed by atoms with E-state index in [0.717, 1.165) is 5.69 Å². The summed E-state index contributed by atoms with van der Waals surface area (Å²) in [6.07, 6.45) is 1.97. The Kier molecular flexibility index (Phi) is 3.85. The van der Waals surface area contributed by atoms with E-state index < -0.39 is 0 Å². The molecule has 3 rings (SSSR count). The van der Waals surface area contributed by atoms with Crippen LogP contribution >= 0.6 is 0 Å². The van der Waals surface area contributed by atoms with Crippen LogP contribution in [-0.4, -0.2) is 47.2 Å². The van der Waals surface area contributed by atoms with Gasteiger partial charge in [0.05, 0.1) is 12.1 Å². The topological polar surface area (TPSA) is 52.2 Å². The highest BCUT2D eigenvalue weighted by molar-refractivity contribution is 5.78. The third-order valence-electron chi connectivity index (χ3n) is 3.73. The van der Waals surface area contributed by atoms with E-state index in [-0.39, 0.29) is 11.7 Å². The molecule has 0 unspecified atom stereocenters. The van der Waals surface area contributed by atoms with E-state index in [9.17, 15) is 9.18 Å². The van der Waals surface area contributed by atoms with E-state index in [2.05, 4.69) is 10.2 Å². The van der Waals surface area contributed by atoms with Gasteiger partial charge >= 0.3 is 0 Å². The van der Waals surface area contributed by atoms with Crippen molar-refractivity contribution in [3.8, 4) is 0 Å². The molecule has 2 aromatic rings. The molecule has 1 N–H and O–H groups in total. The maximum Gasteiger partial charge on any atom is 0.228 e.